The maximum atomic E-state index is 6.47. The molecule has 14 heteroatoms. The molecular formula is C100H71N9O3SSi. The Morgan fingerprint density at radius 3 is 1.11 bits per heavy atom. The summed E-state index contributed by atoms with van der Waals surface area (Å²) in [5, 5.41) is 8.69. The molecule has 0 saturated heterocycles. The van der Waals surface area contributed by atoms with E-state index in [0.29, 0.717) is 0 Å². The molecule has 3 aliphatic rings. The van der Waals surface area contributed by atoms with Gasteiger partial charge in [0.25, 0.3) is 0 Å². The molecule has 0 unspecified atom stereocenters. The van der Waals surface area contributed by atoms with Crippen LogP contribution in [-0.4, -0.2) is 51.7 Å². The van der Waals surface area contributed by atoms with Crippen molar-refractivity contribution in [2.24, 2.45) is 0 Å². The average Bonchev–Trinajstić information content (AvgIpc) is 1.36. The highest BCUT2D eigenvalue weighted by Gasteiger charge is 2.41. The van der Waals surface area contributed by atoms with Gasteiger partial charge in [0.15, 0.2) is 42.6 Å². The molecule has 6 aromatic heterocycles. The molecule has 0 N–H and O–H groups in total. The van der Waals surface area contributed by atoms with Crippen LogP contribution in [0.3, 0.4) is 0 Å². The number of para-hydroxylation sites is 7. The first-order valence-corrected chi connectivity index (χ1v) is 41.6. The number of imidazole rings is 3. The molecule has 12 nitrogen and oxygen atoms in total. The fourth-order valence-electron chi connectivity index (χ4n) is 16.9. The number of nitrogens with zero attached hydrogens (tertiary/aromatic N) is 9. The van der Waals surface area contributed by atoms with E-state index in [4.69, 9.17) is 39.1 Å². The van der Waals surface area contributed by atoms with Gasteiger partial charge in [-0.05, 0) is 151 Å². The fraction of sp³-hybridized carbons (Fsp3) is 0.0600. The van der Waals surface area contributed by atoms with Gasteiger partial charge in [0, 0.05) is 47.4 Å². The first-order valence-electron chi connectivity index (χ1n) is 38.8. The van der Waals surface area contributed by atoms with E-state index < -0.39 is 8.07 Å². The maximum absolute atomic E-state index is 6.47. The van der Waals surface area contributed by atoms with Gasteiger partial charge in [0.2, 0.25) is 0 Å². The van der Waals surface area contributed by atoms with Crippen molar-refractivity contribution in [2.75, 3.05) is 0 Å². The second-order valence-corrected chi connectivity index (χ2v) is 33.7. The van der Waals surface area contributed by atoms with Gasteiger partial charge in [-0.25, -0.2) is 24.9 Å². The van der Waals surface area contributed by atoms with E-state index in [9.17, 15) is 0 Å². The molecule has 544 valence electrons. The summed E-state index contributed by atoms with van der Waals surface area (Å²) in [5.41, 5.74) is 21.8. The van der Waals surface area contributed by atoms with E-state index in [-0.39, 0.29) is 0 Å². The van der Waals surface area contributed by atoms with Gasteiger partial charge in [-0.3, -0.25) is 18.7 Å². The summed E-state index contributed by atoms with van der Waals surface area (Å²) in [7, 11) is -2.57. The van der Waals surface area contributed by atoms with Crippen LogP contribution in [0.25, 0.3) is 137 Å². The summed E-state index contributed by atoms with van der Waals surface area (Å²) >= 11 is 1.72. The largest absolute Gasteiger partial charge is 0.453 e. The highest BCUT2D eigenvalue weighted by Crippen LogP contribution is 2.48. The minimum atomic E-state index is -2.57. The normalized spacial score (nSPS) is 12.1. The first-order chi connectivity index (χ1) is 56.3. The zero-order chi connectivity index (χ0) is 76.0. The Labute approximate surface area is 662 Å². The lowest BCUT2D eigenvalue weighted by Crippen LogP contribution is -2.74. The SMILES string of the molecule is CCc1nc2cc(-c3ccc(-c4ccc5ccc6cccnc6c5n4)cc3)cc3c2n1-c1ccccc1O3.CCc1nc2cc(-c3ccc(-c4nc5ccccc5s4)cc3)cc3c2n1-c1ccccc1O3.CCc1nc2cc(-c3ccc([Si](c4ccccc4)(c4ccccc4)c4ccccc4)cc3)cc3c2n1-c1ccccc1O3. The van der Waals surface area contributed by atoms with Gasteiger partial charge >= 0.3 is 0 Å². The Kier molecular flexibility index (Phi) is 16.7. The van der Waals surface area contributed by atoms with E-state index in [1.807, 2.05) is 66.9 Å². The molecule has 0 aliphatic carbocycles. The summed E-state index contributed by atoms with van der Waals surface area (Å²) in [5.74, 6) is 8.24. The van der Waals surface area contributed by atoms with Gasteiger partial charge in [-0.15, -0.1) is 11.3 Å². The standard InChI is InChI=1S/C39H30N2OSi.C33H22N4O.C28H19N3OS/c1-2-38-40-34-26-29(27-37-39(34)41(38)35-20-12-13-21-36(35)42-37)28-22-24-33(25-23-28)43(30-14-6-3-7-15-30,31-16-8-4-9-17-31)32-18-10-5-11-19-32;1-2-30-35-26-18-24(19-29-33(26)37(30)27-7-3-4-8-28(27)38-29)20-9-11-21(12-10-20)25-16-15-23-14-13-22-6-5-17-34-31(22)32(23)36-25;1-2-26-29-21-15-19(16-24-27(21)31(26)22-8-4-5-9-23(22)32-24)17-11-13-18(14-12-17)28-30-20-7-3-6-10-25(20)33-28/h3-27H,2H2,1H3;3-19H,2H2,1H3;3-16H,2H2,1H3. The molecule has 0 fully saturated rings. The summed E-state index contributed by atoms with van der Waals surface area (Å²) in [6.45, 7) is 6.44. The monoisotopic (exact) mass is 1510 g/mol. The number of hydrogen-bond donors (Lipinski definition) is 0. The maximum Gasteiger partial charge on any atom is 0.179 e. The van der Waals surface area contributed by atoms with Gasteiger partial charge in [-0.2, -0.15) is 0 Å². The molecule has 0 amide bonds. The average molecular weight is 1510 g/mol. The zero-order valence-electron chi connectivity index (χ0n) is 62.6. The van der Waals surface area contributed by atoms with E-state index in [1.54, 1.807) is 11.3 Å². The van der Waals surface area contributed by atoms with Crippen molar-refractivity contribution in [3.63, 3.8) is 0 Å². The Balaban J connectivity index is 0.000000108. The lowest BCUT2D eigenvalue weighted by molar-refractivity contribution is 0.474. The third-order valence-electron chi connectivity index (χ3n) is 22.3. The van der Waals surface area contributed by atoms with E-state index >= 15 is 0 Å². The second kappa shape index (κ2) is 28.0. The van der Waals surface area contributed by atoms with Crippen molar-refractivity contribution in [3.05, 3.63) is 357 Å². The number of pyridine rings is 2. The number of aryl methyl sites for hydroxylation is 3. The third kappa shape index (κ3) is 11.5. The first kappa shape index (κ1) is 67.9. The number of ether oxygens (including phenoxy) is 3. The van der Waals surface area contributed by atoms with Gasteiger partial charge in [0.1, 0.15) is 39.0 Å². The van der Waals surface area contributed by atoms with Gasteiger partial charge in [0.05, 0.1) is 60.6 Å². The van der Waals surface area contributed by atoms with Crippen LogP contribution in [0.15, 0.2) is 340 Å². The fourth-order valence-corrected chi connectivity index (χ4v) is 22.6. The number of hydrogen-bond acceptors (Lipinski definition) is 10. The molecule has 114 heavy (non-hydrogen) atoms. The van der Waals surface area contributed by atoms with Crippen molar-refractivity contribution < 1.29 is 14.2 Å². The van der Waals surface area contributed by atoms with Crippen molar-refractivity contribution in [3.8, 4) is 107 Å². The summed E-state index contributed by atoms with van der Waals surface area (Å²) < 4.78 is 27.1. The molecule has 0 radical (unpaired) electrons. The highest BCUT2D eigenvalue weighted by atomic mass is 32.1. The van der Waals surface area contributed by atoms with Crippen LogP contribution in [0, 0.1) is 0 Å². The van der Waals surface area contributed by atoms with Crippen molar-refractivity contribution >= 4 is 105 Å². The van der Waals surface area contributed by atoms with Crippen LogP contribution in [0.4, 0.5) is 0 Å². The van der Waals surface area contributed by atoms with Gasteiger partial charge < -0.3 is 14.2 Å². The Morgan fingerprint density at radius 2 is 0.667 bits per heavy atom. The molecule has 0 spiro atoms. The molecule has 3 aliphatic heterocycles. The minimum Gasteiger partial charge on any atom is -0.453 e. The van der Waals surface area contributed by atoms with Crippen LogP contribution in [0.1, 0.15) is 38.2 Å². The van der Waals surface area contributed by atoms with Crippen LogP contribution in [0.2, 0.25) is 0 Å². The number of rotatable bonds is 12. The Morgan fingerprint density at radius 1 is 0.289 bits per heavy atom. The van der Waals surface area contributed by atoms with Gasteiger partial charge in [-0.1, -0.05) is 257 Å². The molecule has 0 atom stereocenters. The van der Waals surface area contributed by atoms with E-state index in [1.165, 1.54) is 25.4 Å². The Hall–Kier alpha value is -14.2. The Bertz CT molecular complexity index is 7010. The second-order valence-electron chi connectivity index (χ2n) is 28.9. The third-order valence-corrected chi connectivity index (χ3v) is 28.1. The van der Waals surface area contributed by atoms with Crippen molar-refractivity contribution in [2.45, 2.75) is 40.0 Å². The van der Waals surface area contributed by atoms with E-state index in [2.05, 4.69) is 312 Å². The molecule has 20 aromatic rings. The van der Waals surface area contributed by atoms with Crippen LogP contribution in [-0.2, 0) is 19.3 Å². The lowest BCUT2D eigenvalue weighted by Gasteiger charge is -2.34. The molecule has 14 aromatic carbocycles. The quantitative estimate of drug-likeness (QED) is 0.0669. The van der Waals surface area contributed by atoms with Crippen LogP contribution >= 0.6 is 11.3 Å². The molecule has 0 saturated carbocycles. The summed E-state index contributed by atoms with van der Waals surface area (Å²) in [6, 6.07) is 118. The molecular weight excluding hydrogens is 1440 g/mol. The molecule has 0 bridgehead atoms. The minimum absolute atomic E-state index is 0.836. The molecule has 23 rings (SSSR count). The van der Waals surface area contributed by atoms with E-state index in [0.717, 1.165) is 204 Å². The number of aromatic nitrogens is 9. The predicted octanol–water partition coefficient (Wildman–Crippen LogP) is 22.5. The zero-order valence-corrected chi connectivity index (χ0v) is 64.4. The smallest absolute Gasteiger partial charge is 0.179 e. The summed E-state index contributed by atoms with van der Waals surface area (Å²) in [6.07, 6.45) is 4.37. The predicted molar refractivity (Wildman–Crippen MR) is 466 cm³/mol. The number of thiazole rings is 1. The van der Waals surface area contributed by atoms with Crippen LogP contribution < -0.4 is 35.0 Å². The molecule has 9 heterocycles. The number of benzene rings is 14. The van der Waals surface area contributed by atoms with Crippen LogP contribution in [0.5, 0.6) is 34.5 Å². The van der Waals surface area contributed by atoms with Crippen molar-refractivity contribution in [1.29, 1.82) is 0 Å². The summed E-state index contributed by atoms with van der Waals surface area (Å²) in [4.78, 5) is 29.4. The lowest BCUT2D eigenvalue weighted by atomic mass is 10.0. The highest BCUT2D eigenvalue weighted by molar-refractivity contribution is 7.21. The van der Waals surface area contributed by atoms with Crippen molar-refractivity contribution in [1.82, 2.24) is 43.6 Å². The number of fused-ring (bicyclic) bond motifs is 10. The topological polar surface area (TPSA) is 120 Å².